The topological polar surface area (TPSA) is 77.7 Å². The molecule has 2 aromatic rings. The summed E-state index contributed by atoms with van der Waals surface area (Å²) in [6.07, 6.45) is 0.626. The predicted octanol–water partition coefficient (Wildman–Crippen LogP) is 2.61. The molecule has 1 aromatic carbocycles. The lowest BCUT2D eigenvalue weighted by molar-refractivity contribution is 0.0599. The number of para-hydroxylation sites is 1. The van der Waals surface area contributed by atoms with Crippen molar-refractivity contribution < 1.29 is 14.3 Å². The minimum absolute atomic E-state index is 0.188. The Bertz CT molecular complexity index is 870. The van der Waals surface area contributed by atoms with Crippen LogP contribution in [-0.2, 0) is 11.2 Å². The molecule has 0 saturated carbocycles. The van der Waals surface area contributed by atoms with E-state index in [0.717, 1.165) is 31.9 Å². The van der Waals surface area contributed by atoms with Crippen molar-refractivity contribution in [2.45, 2.75) is 33.2 Å². The number of aromatic nitrogens is 1. The minimum Gasteiger partial charge on any atom is -0.465 e. The third kappa shape index (κ3) is 4.67. The van der Waals surface area contributed by atoms with Crippen LogP contribution in [0.2, 0.25) is 0 Å². The summed E-state index contributed by atoms with van der Waals surface area (Å²) in [4.78, 5) is 32.7. The largest absolute Gasteiger partial charge is 0.465 e. The number of benzene rings is 1. The zero-order chi connectivity index (χ0) is 21.7. The maximum atomic E-state index is 12.8. The summed E-state index contributed by atoms with van der Waals surface area (Å²) in [5.74, 6) is -0.601. The van der Waals surface area contributed by atoms with Gasteiger partial charge in [0.2, 0.25) is 0 Å². The number of rotatable bonds is 7. The standard InChI is InChI=1S/C23H32N4O3/c1-5-19-20(23(29)30-4)17(3)21(25-19)22(28)24-15-16(2)26-11-13-27(14-12-26)18-9-7-6-8-10-18/h6-10,16,25H,5,11-15H2,1-4H3,(H,24,28). The maximum Gasteiger partial charge on any atom is 0.339 e. The van der Waals surface area contributed by atoms with Gasteiger partial charge in [0.15, 0.2) is 0 Å². The quantitative estimate of drug-likeness (QED) is 0.684. The number of esters is 1. The molecule has 1 aromatic heterocycles. The minimum atomic E-state index is -0.413. The predicted molar refractivity (Wildman–Crippen MR) is 118 cm³/mol. The van der Waals surface area contributed by atoms with Crippen LogP contribution >= 0.6 is 0 Å². The van der Waals surface area contributed by atoms with Gasteiger partial charge in [0.1, 0.15) is 5.69 Å². The van der Waals surface area contributed by atoms with Crippen molar-refractivity contribution in [1.82, 2.24) is 15.2 Å². The molecular weight excluding hydrogens is 380 g/mol. The van der Waals surface area contributed by atoms with E-state index in [1.807, 2.05) is 13.0 Å². The Balaban J connectivity index is 1.55. The van der Waals surface area contributed by atoms with Gasteiger partial charge in [0.25, 0.3) is 5.91 Å². The van der Waals surface area contributed by atoms with Crippen molar-refractivity contribution in [3.63, 3.8) is 0 Å². The van der Waals surface area contributed by atoms with Crippen molar-refractivity contribution in [3.05, 3.63) is 52.8 Å². The Morgan fingerprint density at radius 1 is 1.17 bits per heavy atom. The van der Waals surface area contributed by atoms with E-state index in [1.54, 1.807) is 6.92 Å². The number of ether oxygens (including phenoxy) is 1. The molecule has 7 nitrogen and oxygen atoms in total. The summed E-state index contributed by atoms with van der Waals surface area (Å²) in [5.41, 5.74) is 3.53. The fourth-order valence-corrected chi connectivity index (χ4v) is 4.05. The molecule has 0 spiro atoms. The zero-order valence-electron chi connectivity index (χ0n) is 18.3. The summed E-state index contributed by atoms with van der Waals surface area (Å²) in [7, 11) is 1.35. The highest BCUT2D eigenvalue weighted by Gasteiger charge is 2.25. The van der Waals surface area contributed by atoms with Crippen LogP contribution in [0.3, 0.4) is 0 Å². The van der Waals surface area contributed by atoms with Crippen LogP contribution in [0.25, 0.3) is 0 Å². The first kappa shape index (κ1) is 21.9. The zero-order valence-corrected chi connectivity index (χ0v) is 18.3. The highest BCUT2D eigenvalue weighted by molar-refractivity contribution is 6.00. The Hall–Kier alpha value is -2.80. The number of carbonyl (C=O) groups is 2. The smallest absolute Gasteiger partial charge is 0.339 e. The summed E-state index contributed by atoms with van der Waals surface area (Å²) in [6, 6.07) is 10.7. The van der Waals surface area contributed by atoms with E-state index in [0.29, 0.717) is 29.8 Å². The molecule has 1 saturated heterocycles. The number of carbonyl (C=O) groups excluding carboxylic acids is 2. The normalized spacial score (nSPS) is 15.7. The van der Waals surface area contributed by atoms with Gasteiger partial charge < -0.3 is 19.9 Å². The Morgan fingerprint density at radius 2 is 1.83 bits per heavy atom. The maximum absolute atomic E-state index is 12.8. The monoisotopic (exact) mass is 412 g/mol. The van der Waals surface area contributed by atoms with Crippen molar-refractivity contribution in [2.75, 3.05) is 44.7 Å². The summed E-state index contributed by atoms with van der Waals surface area (Å²) in [5, 5.41) is 3.02. The first-order chi connectivity index (χ1) is 14.5. The summed E-state index contributed by atoms with van der Waals surface area (Å²) < 4.78 is 4.87. The third-order valence-electron chi connectivity index (χ3n) is 5.91. The summed E-state index contributed by atoms with van der Waals surface area (Å²) in [6.45, 7) is 10.3. The van der Waals surface area contributed by atoms with E-state index in [4.69, 9.17) is 4.74 Å². The van der Waals surface area contributed by atoms with Gasteiger partial charge in [-0.2, -0.15) is 0 Å². The molecule has 1 unspecified atom stereocenters. The highest BCUT2D eigenvalue weighted by atomic mass is 16.5. The van der Waals surface area contributed by atoms with Crippen molar-refractivity contribution in [1.29, 1.82) is 0 Å². The van der Waals surface area contributed by atoms with Crippen molar-refractivity contribution >= 4 is 17.6 Å². The number of amides is 1. The van der Waals surface area contributed by atoms with E-state index in [-0.39, 0.29) is 11.9 Å². The average molecular weight is 413 g/mol. The molecule has 7 heteroatoms. The Morgan fingerprint density at radius 3 is 2.43 bits per heavy atom. The van der Waals surface area contributed by atoms with Gasteiger partial charge in [-0.05, 0) is 38.0 Å². The number of anilines is 1. The fraction of sp³-hybridized carbons (Fsp3) is 0.478. The lowest BCUT2D eigenvalue weighted by Crippen LogP contribution is -2.52. The number of nitrogens with zero attached hydrogens (tertiary/aromatic N) is 2. The number of aromatic amines is 1. The average Bonchev–Trinajstić information content (AvgIpc) is 3.13. The molecule has 1 aliphatic heterocycles. The Kier molecular flexibility index (Phi) is 7.15. The molecule has 2 heterocycles. The molecule has 30 heavy (non-hydrogen) atoms. The first-order valence-corrected chi connectivity index (χ1v) is 10.6. The van der Waals surface area contributed by atoms with Crippen LogP contribution in [0.15, 0.2) is 30.3 Å². The molecule has 162 valence electrons. The Labute approximate surface area is 178 Å². The van der Waals surface area contributed by atoms with Gasteiger partial charge >= 0.3 is 5.97 Å². The second kappa shape index (κ2) is 9.80. The fourth-order valence-electron chi connectivity index (χ4n) is 4.05. The van der Waals surface area contributed by atoms with Gasteiger partial charge in [-0.25, -0.2) is 4.79 Å². The lowest BCUT2D eigenvalue weighted by Gasteiger charge is -2.39. The van der Waals surface area contributed by atoms with Gasteiger partial charge in [-0.1, -0.05) is 25.1 Å². The van der Waals surface area contributed by atoms with E-state index in [2.05, 4.69) is 51.3 Å². The van der Waals surface area contributed by atoms with Gasteiger partial charge in [0, 0.05) is 50.1 Å². The summed E-state index contributed by atoms with van der Waals surface area (Å²) >= 11 is 0. The van der Waals surface area contributed by atoms with E-state index >= 15 is 0 Å². The highest BCUT2D eigenvalue weighted by Crippen LogP contribution is 2.20. The van der Waals surface area contributed by atoms with Crippen LogP contribution in [0.4, 0.5) is 5.69 Å². The first-order valence-electron chi connectivity index (χ1n) is 10.6. The number of piperazine rings is 1. The lowest BCUT2D eigenvalue weighted by atomic mass is 10.1. The molecule has 1 aliphatic rings. The van der Waals surface area contributed by atoms with E-state index in [9.17, 15) is 9.59 Å². The van der Waals surface area contributed by atoms with E-state index in [1.165, 1.54) is 12.8 Å². The number of methoxy groups -OCH3 is 1. The molecule has 0 aliphatic carbocycles. The van der Waals surface area contributed by atoms with Crippen molar-refractivity contribution in [3.8, 4) is 0 Å². The molecule has 0 bridgehead atoms. The van der Waals surface area contributed by atoms with Crippen LogP contribution in [0, 0.1) is 6.92 Å². The number of nitrogens with one attached hydrogen (secondary N) is 2. The molecule has 1 fully saturated rings. The van der Waals surface area contributed by atoms with Gasteiger partial charge in [-0.15, -0.1) is 0 Å². The third-order valence-corrected chi connectivity index (χ3v) is 5.91. The second-order valence-electron chi connectivity index (χ2n) is 7.74. The van der Waals surface area contributed by atoms with Crippen LogP contribution in [0.5, 0.6) is 0 Å². The number of hydrogen-bond donors (Lipinski definition) is 2. The van der Waals surface area contributed by atoms with Crippen LogP contribution in [0.1, 0.15) is 46.0 Å². The van der Waals surface area contributed by atoms with Crippen molar-refractivity contribution in [2.24, 2.45) is 0 Å². The molecule has 3 rings (SSSR count). The molecule has 0 radical (unpaired) electrons. The molecular formula is C23H32N4O3. The second-order valence-corrected chi connectivity index (χ2v) is 7.74. The van der Waals surface area contributed by atoms with Gasteiger partial charge in [-0.3, -0.25) is 9.69 Å². The number of aryl methyl sites for hydroxylation is 1. The van der Waals surface area contributed by atoms with Crippen LogP contribution < -0.4 is 10.2 Å². The number of hydrogen-bond acceptors (Lipinski definition) is 5. The van der Waals surface area contributed by atoms with Crippen LogP contribution in [-0.4, -0.2) is 67.6 Å². The SMILES string of the molecule is CCc1[nH]c(C(=O)NCC(C)N2CCN(c3ccccc3)CC2)c(C)c1C(=O)OC. The van der Waals surface area contributed by atoms with Gasteiger partial charge in [0.05, 0.1) is 12.7 Å². The van der Waals surface area contributed by atoms with E-state index < -0.39 is 5.97 Å². The number of H-pyrrole nitrogens is 1. The molecule has 1 atom stereocenters. The molecule has 2 N–H and O–H groups in total. The molecule has 1 amide bonds.